The SMILES string of the molecule is Cn1c(-c2ccc(Br)cc2F)nc2ccc(CN)cc21. The molecular weight excluding hydrogens is 321 g/mol. The Hall–Kier alpha value is -1.72. The van der Waals surface area contributed by atoms with Crippen LogP contribution in [0.1, 0.15) is 5.56 Å². The Kier molecular flexibility index (Phi) is 3.31. The standard InChI is InChI=1S/C15H13BrFN3/c1-20-14-6-9(8-18)2-5-13(14)19-15(20)11-4-3-10(16)7-12(11)17/h2-7H,8,18H2,1H3. The molecule has 0 atom stereocenters. The van der Waals surface area contributed by atoms with Gasteiger partial charge in [-0.3, -0.25) is 0 Å². The molecule has 0 saturated carbocycles. The van der Waals surface area contributed by atoms with Gasteiger partial charge in [0.25, 0.3) is 0 Å². The maximum absolute atomic E-state index is 14.1. The van der Waals surface area contributed by atoms with Crippen LogP contribution in [-0.2, 0) is 13.6 Å². The third kappa shape index (κ3) is 2.13. The smallest absolute Gasteiger partial charge is 0.143 e. The van der Waals surface area contributed by atoms with E-state index in [9.17, 15) is 4.39 Å². The van der Waals surface area contributed by atoms with Gasteiger partial charge in [-0.05, 0) is 35.9 Å². The fraction of sp³-hybridized carbons (Fsp3) is 0.133. The lowest BCUT2D eigenvalue weighted by Gasteiger charge is -2.04. The number of hydrogen-bond donors (Lipinski definition) is 1. The van der Waals surface area contributed by atoms with Gasteiger partial charge in [0, 0.05) is 18.1 Å². The Morgan fingerprint density at radius 2 is 2.05 bits per heavy atom. The number of aromatic nitrogens is 2. The van der Waals surface area contributed by atoms with Crippen LogP contribution in [0.15, 0.2) is 40.9 Å². The molecule has 0 aliphatic carbocycles. The van der Waals surface area contributed by atoms with Gasteiger partial charge in [0.1, 0.15) is 11.6 Å². The number of nitrogens with zero attached hydrogens (tertiary/aromatic N) is 2. The summed E-state index contributed by atoms with van der Waals surface area (Å²) in [6, 6.07) is 10.8. The Labute approximate surface area is 124 Å². The lowest BCUT2D eigenvalue weighted by atomic mass is 10.2. The van der Waals surface area contributed by atoms with Crippen molar-refractivity contribution < 1.29 is 4.39 Å². The molecule has 0 saturated heterocycles. The Bertz CT molecular complexity index is 795. The fourth-order valence-electron chi connectivity index (χ4n) is 2.27. The van der Waals surface area contributed by atoms with Crippen LogP contribution in [0.5, 0.6) is 0 Å². The molecule has 3 nitrogen and oxygen atoms in total. The lowest BCUT2D eigenvalue weighted by Crippen LogP contribution is -1.97. The highest BCUT2D eigenvalue weighted by molar-refractivity contribution is 9.10. The van der Waals surface area contributed by atoms with E-state index in [0.29, 0.717) is 22.4 Å². The van der Waals surface area contributed by atoms with E-state index in [-0.39, 0.29) is 5.82 Å². The van der Waals surface area contributed by atoms with Crippen molar-refractivity contribution in [3.8, 4) is 11.4 Å². The van der Waals surface area contributed by atoms with E-state index in [1.807, 2.05) is 35.9 Å². The maximum atomic E-state index is 14.1. The first-order valence-electron chi connectivity index (χ1n) is 6.21. The summed E-state index contributed by atoms with van der Waals surface area (Å²) in [7, 11) is 1.88. The van der Waals surface area contributed by atoms with Gasteiger partial charge < -0.3 is 10.3 Å². The van der Waals surface area contributed by atoms with Crippen molar-refractivity contribution >= 4 is 27.0 Å². The first kappa shape index (κ1) is 13.3. The van der Waals surface area contributed by atoms with Crippen LogP contribution < -0.4 is 5.73 Å². The van der Waals surface area contributed by atoms with E-state index in [0.717, 1.165) is 16.6 Å². The van der Waals surface area contributed by atoms with Crippen molar-refractivity contribution in [3.05, 3.63) is 52.3 Å². The summed E-state index contributed by atoms with van der Waals surface area (Å²) in [5, 5.41) is 0. The van der Waals surface area contributed by atoms with Gasteiger partial charge in [-0.15, -0.1) is 0 Å². The topological polar surface area (TPSA) is 43.8 Å². The lowest BCUT2D eigenvalue weighted by molar-refractivity contribution is 0.628. The Balaban J connectivity index is 2.24. The number of hydrogen-bond acceptors (Lipinski definition) is 2. The molecule has 3 aromatic rings. The predicted octanol–water partition coefficient (Wildman–Crippen LogP) is 3.60. The van der Waals surface area contributed by atoms with Crippen molar-refractivity contribution in [3.63, 3.8) is 0 Å². The van der Waals surface area contributed by atoms with Crippen molar-refractivity contribution in [2.45, 2.75) is 6.54 Å². The second kappa shape index (κ2) is 5.00. The van der Waals surface area contributed by atoms with Crippen LogP contribution in [0.3, 0.4) is 0 Å². The summed E-state index contributed by atoms with van der Waals surface area (Å²) >= 11 is 3.26. The molecular formula is C15H13BrFN3. The van der Waals surface area contributed by atoms with E-state index in [1.54, 1.807) is 6.07 Å². The van der Waals surface area contributed by atoms with E-state index in [2.05, 4.69) is 20.9 Å². The maximum Gasteiger partial charge on any atom is 0.143 e. The summed E-state index contributed by atoms with van der Waals surface area (Å²) in [5.74, 6) is 0.316. The van der Waals surface area contributed by atoms with Crippen LogP contribution in [0, 0.1) is 5.82 Å². The molecule has 20 heavy (non-hydrogen) atoms. The number of nitrogens with two attached hydrogens (primary N) is 1. The van der Waals surface area contributed by atoms with Gasteiger partial charge in [-0.2, -0.15) is 0 Å². The molecule has 0 fully saturated rings. The second-order valence-electron chi connectivity index (χ2n) is 4.65. The molecule has 3 rings (SSSR count). The van der Waals surface area contributed by atoms with Crippen LogP contribution in [0.25, 0.3) is 22.4 Å². The van der Waals surface area contributed by atoms with E-state index >= 15 is 0 Å². The fourth-order valence-corrected chi connectivity index (χ4v) is 2.61. The highest BCUT2D eigenvalue weighted by Gasteiger charge is 2.14. The molecule has 0 aliphatic heterocycles. The molecule has 1 aromatic heterocycles. The largest absolute Gasteiger partial charge is 0.327 e. The Morgan fingerprint density at radius 1 is 1.25 bits per heavy atom. The van der Waals surface area contributed by atoms with Crippen LogP contribution >= 0.6 is 15.9 Å². The zero-order valence-corrected chi connectivity index (χ0v) is 12.5. The van der Waals surface area contributed by atoms with Crippen molar-refractivity contribution in [1.82, 2.24) is 9.55 Å². The van der Waals surface area contributed by atoms with Crippen LogP contribution in [0.4, 0.5) is 4.39 Å². The number of benzene rings is 2. The summed E-state index contributed by atoms with van der Waals surface area (Å²) < 4.78 is 16.7. The first-order valence-corrected chi connectivity index (χ1v) is 7.00. The van der Waals surface area contributed by atoms with E-state index in [4.69, 9.17) is 5.73 Å². The number of aryl methyl sites for hydroxylation is 1. The van der Waals surface area contributed by atoms with Crippen LogP contribution in [-0.4, -0.2) is 9.55 Å². The van der Waals surface area contributed by atoms with Gasteiger partial charge >= 0.3 is 0 Å². The molecule has 0 bridgehead atoms. The number of halogens is 2. The molecule has 2 N–H and O–H groups in total. The molecule has 5 heteroatoms. The molecule has 0 unspecified atom stereocenters. The van der Waals surface area contributed by atoms with E-state index < -0.39 is 0 Å². The molecule has 0 spiro atoms. The molecule has 102 valence electrons. The van der Waals surface area contributed by atoms with Gasteiger partial charge in [0.05, 0.1) is 16.6 Å². The summed E-state index contributed by atoms with van der Waals surface area (Å²) in [4.78, 5) is 4.52. The van der Waals surface area contributed by atoms with Gasteiger partial charge in [0.15, 0.2) is 0 Å². The van der Waals surface area contributed by atoms with E-state index in [1.165, 1.54) is 6.07 Å². The minimum atomic E-state index is -0.295. The number of rotatable bonds is 2. The second-order valence-corrected chi connectivity index (χ2v) is 5.56. The molecule has 0 radical (unpaired) electrons. The summed E-state index contributed by atoms with van der Waals surface area (Å²) in [6.45, 7) is 0.475. The van der Waals surface area contributed by atoms with Gasteiger partial charge in [-0.25, -0.2) is 9.37 Å². The highest BCUT2D eigenvalue weighted by atomic mass is 79.9. The summed E-state index contributed by atoms with van der Waals surface area (Å²) in [5.41, 5.74) is 8.96. The average Bonchev–Trinajstić information content (AvgIpc) is 2.76. The normalized spacial score (nSPS) is 11.2. The number of imidazole rings is 1. The number of fused-ring (bicyclic) bond motifs is 1. The summed E-state index contributed by atoms with van der Waals surface area (Å²) in [6.07, 6.45) is 0. The monoisotopic (exact) mass is 333 g/mol. The quantitative estimate of drug-likeness (QED) is 0.778. The van der Waals surface area contributed by atoms with Crippen LogP contribution in [0.2, 0.25) is 0 Å². The Morgan fingerprint density at radius 3 is 2.75 bits per heavy atom. The third-order valence-corrected chi connectivity index (χ3v) is 3.85. The third-order valence-electron chi connectivity index (χ3n) is 3.35. The molecule has 0 amide bonds. The predicted molar refractivity (Wildman–Crippen MR) is 81.7 cm³/mol. The minimum absolute atomic E-state index is 0.295. The highest BCUT2D eigenvalue weighted by Crippen LogP contribution is 2.28. The zero-order valence-electron chi connectivity index (χ0n) is 10.9. The minimum Gasteiger partial charge on any atom is -0.327 e. The molecule has 0 aliphatic rings. The van der Waals surface area contributed by atoms with Crippen molar-refractivity contribution in [2.24, 2.45) is 12.8 Å². The molecule has 2 aromatic carbocycles. The van der Waals surface area contributed by atoms with Gasteiger partial charge in [-0.1, -0.05) is 22.0 Å². The first-order chi connectivity index (χ1) is 9.60. The van der Waals surface area contributed by atoms with Crippen molar-refractivity contribution in [2.75, 3.05) is 0 Å². The molecule has 1 heterocycles. The van der Waals surface area contributed by atoms with Gasteiger partial charge in [0.2, 0.25) is 0 Å². The average molecular weight is 334 g/mol. The van der Waals surface area contributed by atoms with Crippen molar-refractivity contribution in [1.29, 1.82) is 0 Å². The zero-order chi connectivity index (χ0) is 14.3.